The van der Waals surface area contributed by atoms with E-state index in [9.17, 15) is 32.3 Å². The zero-order valence-electron chi connectivity index (χ0n) is 25.4. The van der Waals surface area contributed by atoms with Crippen molar-refractivity contribution in [2.45, 2.75) is 36.8 Å². The molecule has 1 amide bonds. The first-order chi connectivity index (χ1) is 21.8. The van der Waals surface area contributed by atoms with Gasteiger partial charge in [0.1, 0.15) is 11.6 Å². The number of carboxylic acids is 1. The molecule has 8 nitrogen and oxygen atoms in total. The highest BCUT2D eigenvalue weighted by molar-refractivity contribution is 8.00. The monoisotopic (exact) mass is 658 g/mol. The molecule has 46 heavy (non-hydrogen) atoms. The second-order valence-electron chi connectivity index (χ2n) is 11.6. The molecule has 0 bridgehead atoms. The summed E-state index contributed by atoms with van der Waals surface area (Å²) in [5.41, 5.74) is 2.97. The average Bonchev–Trinajstić information content (AvgIpc) is 3.60. The Morgan fingerprint density at radius 3 is 2.41 bits per heavy atom. The van der Waals surface area contributed by atoms with Crippen molar-refractivity contribution in [3.63, 3.8) is 0 Å². The molecule has 2 aliphatic rings. The SMILES string of the molecule is Cc1nc2cc(SN(C)c3ccc([C@@H]4CC5COCC5CC4C(=O)O)cc3)ccc2n1C.O=CNc1ccc(C(F)(F)F)cc1F. The highest BCUT2D eigenvalue weighted by Gasteiger charge is 2.43. The Morgan fingerprint density at radius 2 is 1.78 bits per heavy atom. The molecule has 2 N–H and O–H groups in total. The predicted molar refractivity (Wildman–Crippen MR) is 168 cm³/mol. The number of alkyl halides is 3. The van der Waals surface area contributed by atoms with E-state index in [2.05, 4.69) is 63.4 Å². The van der Waals surface area contributed by atoms with Gasteiger partial charge in [0.15, 0.2) is 0 Å². The summed E-state index contributed by atoms with van der Waals surface area (Å²) in [6.45, 7) is 3.50. The zero-order chi connectivity index (χ0) is 33.2. The Bertz CT molecular complexity index is 1710. The number of amides is 1. The molecule has 4 aromatic rings. The lowest BCUT2D eigenvalue weighted by Crippen LogP contribution is -2.34. The number of imidazole rings is 1. The van der Waals surface area contributed by atoms with Gasteiger partial charge < -0.3 is 24.0 Å². The van der Waals surface area contributed by atoms with Crippen LogP contribution in [0.4, 0.5) is 28.9 Å². The van der Waals surface area contributed by atoms with E-state index in [4.69, 9.17) is 4.74 Å². The Balaban J connectivity index is 0.000000251. The van der Waals surface area contributed by atoms with Crippen molar-refractivity contribution in [2.75, 3.05) is 29.9 Å². The van der Waals surface area contributed by atoms with Gasteiger partial charge in [0, 0.05) is 37.9 Å². The highest BCUT2D eigenvalue weighted by Crippen LogP contribution is 2.46. The van der Waals surface area contributed by atoms with E-state index in [1.54, 1.807) is 11.9 Å². The molecule has 2 fully saturated rings. The molecule has 6 rings (SSSR count). The van der Waals surface area contributed by atoms with Gasteiger partial charge in [0.25, 0.3) is 0 Å². The molecule has 0 radical (unpaired) electrons. The summed E-state index contributed by atoms with van der Waals surface area (Å²) in [7, 11) is 4.08. The first kappa shape index (κ1) is 33.3. The average molecular weight is 659 g/mol. The van der Waals surface area contributed by atoms with Gasteiger partial charge in [-0.25, -0.2) is 9.37 Å². The van der Waals surface area contributed by atoms with E-state index >= 15 is 0 Å². The van der Waals surface area contributed by atoms with Crippen LogP contribution in [-0.2, 0) is 27.5 Å². The fourth-order valence-electron chi connectivity index (χ4n) is 6.16. The Kier molecular flexibility index (Phi) is 9.92. The number of benzene rings is 3. The van der Waals surface area contributed by atoms with Gasteiger partial charge >= 0.3 is 12.1 Å². The molecule has 4 atom stereocenters. The third-order valence-electron chi connectivity index (χ3n) is 8.76. The van der Waals surface area contributed by atoms with Crippen molar-refractivity contribution >= 4 is 46.7 Å². The largest absolute Gasteiger partial charge is 0.481 e. The van der Waals surface area contributed by atoms with Crippen molar-refractivity contribution in [2.24, 2.45) is 24.8 Å². The number of anilines is 2. The number of hydrogen-bond acceptors (Lipinski definition) is 6. The number of hydrogen-bond donors (Lipinski definition) is 2. The fraction of sp³-hybridized carbons (Fsp3) is 0.364. The van der Waals surface area contributed by atoms with Crippen LogP contribution in [0.2, 0.25) is 0 Å². The summed E-state index contributed by atoms with van der Waals surface area (Å²) in [5, 5.41) is 11.8. The maximum absolute atomic E-state index is 12.8. The molecule has 3 aromatic carbocycles. The maximum Gasteiger partial charge on any atom is 0.416 e. The maximum atomic E-state index is 12.8. The van der Waals surface area contributed by atoms with E-state index in [0.29, 0.717) is 30.6 Å². The summed E-state index contributed by atoms with van der Waals surface area (Å²) in [6.07, 6.45) is -2.78. The number of nitrogens with zero attached hydrogens (tertiary/aromatic N) is 3. The van der Waals surface area contributed by atoms with Crippen LogP contribution < -0.4 is 9.62 Å². The quantitative estimate of drug-likeness (QED) is 0.122. The number of ether oxygens (including phenoxy) is 1. The van der Waals surface area contributed by atoms with Crippen molar-refractivity contribution in [1.82, 2.24) is 9.55 Å². The lowest BCUT2D eigenvalue weighted by atomic mass is 9.67. The van der Waals surface area contributed by atoms with E-state index < -0.39 is 23.5 Å². The summed E-state index contributed by atoms with van der Waals surface area (Å²) in [6, 6.07) is 16.6. The lowest BCUT2D eigenvalue weighted by molar-refractivity contribution is -0.144. The molecular weight excluding hydrogens is 624 g/mol. The Labute approximate surface area is 267 Å². The van der Waals surface area contributed by atoms with Gasteiger partial charge in [-0.15, -0.1) is 0 Å². The minimum Gasteiger partial charge on any atom is -0.481 e. The number of rotatable bonds is 7. The standard InChI is InChI=1S/C25H29N3O3S.C8H5F4NO/c1-15-26-23-12-20(8-9-24(23)27(15)2)32-28(3)19-6-4-16(5-7-19)21-10-17-13-31-14-18(17)11-22(21)25(29)30;9-6-3-5(8(10,11)12)1-2-7(6)13-4-14/h4-9,12,17-18,21-22H,10-11,13-14H2,1-3H3,(H,29,30);1-4H,(H,13,14)/t17?,18?,21-,22?;/m0./s1. The van der Waals surface area contributed by atoms with E-state index in [0.717, 1.165) is 58.5 Å². The van der Waals surface area contributed by atoms with Crippen LogP contribution in [0.25, 0.3) is 11.0 Å². The van der Waals surface area contributed by atoms with Crippen LogP contribution in [0.5, 0.6) is 0 Å². The summed E-state index contributed by atoms with van der Waals surface area (Å²) < 4.78 is 58.8. The third kappa shape index (κ3) is 7.31. The van der Waals surface area contributed by atoms with Crippen molar-refractivity contribution in [3.8, 4) is 0 Å². The number of carbonyl (C=O) groups is 2. The van der Waals surface area contributed by atoms with Gasteiger partial charge in [-0.05, 0) is 104 Å². The van der Waals surface area contributed by atoms with E-state index in [1.807, 2.05) is 19.3 Å². The topological polar surface area (TPSA) is 96.7 Å². The Morgan fingerprint density at radius 1 is 1.09 bits per heavy atom. The summed E-state index contributed by atoms with van der Waals surface area (Å²) in [4.78, 5) is 27.6. The van der Waals surface area contributed by atoms with Gasteiger partial charge in [0.05, 0.1) is 28.2 Å². The molecule has 2 heterocycles. The molecule has 1 aliphatic carbocycles. The second kappa shape index (κ2) is 13.7. The molecule has 1 saturated heterocycles. The molecule has 1 saturated carbocycles. The first-order valence-electron chi connectivity index (χ1n) is 14.7. The molecule has 0 spiro atoms. The number of nitrogens with one attached hydrogen (secondary N) is 1. The summed E-state index contributed by atoms with van der Waals surface area (Å²) in [5.74, 6) is -0.192. The second-order valence-corrected chi connectivity index (χ2v) is 12.8. The van der Waals surface area contributed by atoms with Crippen LogP contribution in [0.1, 0.15) is 35.7 Å². The highest BCUT2D eigenvalue weighted by atomic mass is 32.2. The van der Waals surface area contributed by atoms with Crippen LogP contribution >= 0.6 is 11.9 Å². The van der Waals surface area contributed by atoms with Gasteiger partial charge in [-0.1, -0.05) is 12.1 Å². The molecule has 244 valence electrons. The molecule has 13 heteroatoms. The minimum atomic E-state index is -4.58. The third-order valence-corrected chi connectivity index (χ3v) is 9.71. The van der Waals surface area contributed by atoms with Gasteiger partial charge in [-0.2, -0.15) is 13.2 Å². The number of aliphatic carboxylic acids is 1. The lowest BCUT2D eigenvalue weighted by Gasteiger charge is -2.36. The number of carbonyl (C=O) groups excluding carboxylic acids is 1. The zero-order valence-corrected chi connectivity index (χ0v) is 26.2. The van der Waals surface area contributed by atoms with Gasteiger partial charge in [0.2, 0.25) is 6.41 Å². The molecule has 1 aliphatic heterocycles. The van der Waals surface area contributed by atoms with Crippen molar-refractivity contribution in [1.29, 1.82) is 0 Å². The van der Waals surface area contributed by atoms with E-state index in [-0.39, 0.29) is 23.9 Å². The van der Waals surface area contributed by atoms with Crippen molar-refractivity contribution in [3.05, 3.63) is 83.4 Å². The van der Waals surface area contributed by atoms with Crippen LogP contribution in [0.3, 0.4) is 0 Å². The fourth-order valence-corrected chi connectivity index (χ4v) is 6.99. The number of carboxylic acid groups (broad SMARTS) is 1. The minimum absolute atomic E-state index is 0.0530. The number of aryl methyl sites for hydroxylation is 2. The Hall–Kier alpha value is -4.10. The molecule has 1 aromatic heterocycles. The normalized spacial score (nSPS) is 20.8. The van der Waals surface area contributed by atoms with Crippen molar-refractivity contribution < 1.29 is 37.0 Å². The molecule has 3 unspecified atom stereocenters. The number of fused-ring (bicyclic) bond motifs is 2. The smallest absolute Gasteiger partial charge is 0.416 e. The van der Waals surface area contributed by atoms with Crippen LogP contribution in [0.15, 0.2) is 65.6 Å². The predicted octanol–water partition coefficient (Wildman–Crippen LogP) is 7.28. The number of halogens is 4. The van der Waals surface area contributed by atoms with Crippen LogP contribution in [-0.4, -0.2) is 47.3 Å². The van der Waals surface area contributed by atoms with Gasteiger partial charge in [-0.3, -0.25) is 9.59 Å². The van der Waals surface area contributed by atoms with Crippen LogP contribution in [0, 0.1) is 30.5 Å². The van der Waals surface area contributed by atoms with E-state index in [1.165, 1.54) is 0 Å². The first-order valence-corrected chi connectivity index (χ1v) is 15.4. The summed E-state index contributed by atoms with van der Waals surface area (Å²) >= 11 is 1.66. The molecular formula is C33H34F4N4O4S. The number of aromatic nitrogens is 2.